The molecule has 10 rings (SSSR count). The smallest absolute Gasteiger partial charge is 0.178 e. The normalized spacial score (nSPS) is 21.4. The van der Waals surface area contributed by atoms with Crippen LogP contribution in [0.5, 0.6) is 46.0 Å². The van der Waals surface area contributed by atoms with Crippen molar-refractivity contribution in [3.8, 4) is 46.0 Å². The Morgan fingerprint density at radius 3 is 1.85 bits per heavy atom. The van der Waals surface area contributed by atoms with Crippen molar-refractivity contribution in [1.82, 2.24) is 0 Å². The van der Waals surface area contributed by atoms with Crippen LogP contribution in [0.25, 0.3) is 23.5 Å². The van der Waals surface area contributed by atoms with Gasteiger partial charge in [-0.2, -0.15) is 0 Å². The summed E-state index contributed by atoms with van der Waals surface area (Å²) in [5.41, 5.74) is 6.08. The fourth-order valence-electron chi connectivity index (χ4n) is 8.52. The Morgan fingerprint density at radius 1 is 0.661 bits per heavy atom. The lowest BCUT2D eigenvalue weighted by Gasteiger charge is -2.38. The number of methoxy groups -OCH3 is 3. The van der Waals surface area contributed by atoms with Crippen LogP contribution in [0.2, 0.25) is 0 Å². The first-order chi connectivity index (χ1) is 28.4. The summed E-state index contributed by atoms with van der Waals surface area (Å²) in [5.74, 6) is 5.39. The van der Waals surface area contributed by atoms with E-state index >= 15 is 0 Å². The van der Waals surface area contributed by atoms with Crippen LogP contribution in [0.15, 0.2) is 60.7 Å². The quantitative estimate of drug-likeness (QED) is 0.206. The molecule has 0 radical (unpaired) electrons. The molecule has 0 aliphatic carbocycles. The highest BCUT2D eigenvalue weighted by Gasteiger charge is 2.45. The van der Waals surface area contributed by atoms with Gasteiger partial charge < -0.3 is 52.8 Å². The van der Waals surface area contributed by atoms with Crippen LogP contribution in [0.4, 0.5) is 0 Å². The summed E-state index contributed by atoms with van der Waals surface area (Å²) in [6, 6.07) is 14.7. The molecule has 2 N–H and O–H groups in total. The third-order valence-electron chi connectivity index (χ3n) is 11.4. The first-order valence-electron chi connectivity index (χ1n) is 19.5. The zero-order valence-electron chi connectivity index (χ0n) is 34.0. The molecule has 0 unspecified atom stereocenters. The molecule has 0 aromatic heterocycles. The molecule has 12 heteroatoms. The van der Waals surface area contributed by atoms with Gasteiger partial charge in [0.2, 0.25) is 0 Å². The largest absolute Gasteiger partial charge is 0.496 e. The summed E-state index contributed by atoms with van der Waals surface area (Å²) in [7, 11) is 4.79. The predicted octanol–water partition coefficient (Wildman–Crippen LogP) is 7.53. The van der Waals surface area contributed by atoms with E-state index in [4.69, 9.17) is 42.6 Å². The number of carbonyl (C=O) groups excluding carboxylic acids is 1. The molecule has 59 heavy (non-hydrogen) atoms. The molecule has 306 valence electrons. The predicted molar refractivity (Wildman–Crippen MR) is 219 cm³/mol. The number of Topliss-reactive ketones (excluding diaryl/α,β-unsaturated/α-hetero) is 1. The van der Waals surface area contributed by atoms with E-state index in [0.29, 0.717) is 57.8 Å². The number of ketones is 1. The topological polar surface area (TPSA) is 141 Å². The summed E-state index contributed by atoms with van der Waals surface area (Å²) in [5, 5.41) is 19.2. The van der Waals surface area contributed by atoms with Gasteiger partial charge >= 0.3 is 0 Å². The minimum absolute atomic E-state index is 0.0133. The Bertz CT molecular complexity index is 2490. The van der Waals surface area contributed by atoms with E-state index in [2.05, 4.69) is 0 Å². The number of hydrogen-bond donors (Lipinski definition) is 2. The second-order valence-electron chi connectivity index (χ2n) is 16.1. The molecular weight excluding hydrogens is 757 g/mol. The number of aliphatic hydroxyl groups is 2. The van der Waals surface area contributed by atoms with Gasteiger partial charge in [0.05, 0.1) is 62.7 Å². The van der Waals surface area contributed by atoms with E-state index in [-0.39, 0.29) is 37.3 Å². The van der Waals surface area contributed by atoms with Crippen molar-refractivity contribution in [3.63, 3.8) is 0 Å². The molecule has 0 amide bonds. The molecule has 4 aromatic carbocycles. The number of aliphatic hydroxyl groups excluding tert-OH is 2. The van der Waals surface area contributed by atoms with Gasteiger partial charge in [-0.25, -0.2) is 0 Å². The summed E-state index contributed by atoms with van der Waals surface area (Å²) in [6.07, 6.45) is 7.22. The maximum absolute atomic E-state index is 13.5. The van der Waals surface area contributed by atoms with Gasteiger partial charge in [-0.05, 0) is 101 Å². The van der Waals surface area contributed by atoms with Crippen molar-refractivity contribution in [2.24, 2.45) is 0 Å². The van der Waals surface area contributed by atoms with Crippen molar-refractivity contribution in [1.29, 1.82) is 0 Å². The average Bonchev–Trinajstić information content (AvgIpc) is 3.23. The lowest BCUT2D eigenvalue weighted by Crippen LogP contribution is -2.43. The zero-order chi connectivity index (χ0) is 41.4. The summed E-state index contributed by atoms with van der Waals surface area (Å²) in [4.78, 5) is 13.5. The Labute approximate surface area is 342 Å². The zero-order valence-corrected chi connectivity index (χ0v) is 34.0. The number of benzene rings is 4. The second kappa shape index (κ2) is 14.3. The Morgan fingerprint density at radius 2 is 1.24 bits per heavy atom. The highest BCUT2D eigenvalue weighted by molar-refractivity contribution is 6.06. The Balaban J connectivity index is 0.000000152. The minimum Gasteiger partial charge on any atom is -0.496 e. The molecular formula is C47H46O12. The molecule has 0 spiro atoms. The van der Waals surface area contributed by atoms with E-state index in [1.54, 1.807) is 32.4 Å². The minimum atomic E-state index is -0.490. The molecule has 0 saturated heterocycles. The number of hydrogen-bond acceptors (Lipinski definition) is 12. The fraction of sp³-hybridized carbons (Fsp3) is 0.340. The Hall–Kier alpha value is -6.11. The van der Waals surface area contributed by atoms with E-state index in [0.717, 1.165) is 50.6 Å². The number of ether oxygens (including phenoxy) is 9. The highest BCUT2D eigenvalue weighted by Crippen LogP contribution is 2.52. The third-order valence-corrected chi connectivity index (χ3v) is 11.4. The monoisotopic (exact) mass is 802 g/mol. The molecule has 0 fully saturated rings. The van der Waals surface area contributed by atoms with Gasteiger partial charge in [-0.3, -0.25) is 4.79 Å². The third kappa shape index (κ3) is 6.42. The van der Waals surface area contributed by atoms with Crippen LogP contribution in [0, 0.1) is 0 Å². The van der Waals surface area contributed by atoms with Gasteiger partial charge in [-0.15, -0.1) is 0 Å². The molecule has 0 bridgehead atoms. The van der Waals surface area contributed by atoms with Crippen molar-refractivity contribution in [3.05, 3.63) is 105 Å². The van der Waals surface area contributed by atoms with E-state index in [1.807, 2.05) is 82.3 Å². The molecule has 4 aromatic rings. The average molecular weight is 803 g/mol. The van der Waals surface area contributed by atoms with Crippen molar-refractivity contribution < 1.29 is 57.6 Å². The van der Waals surface area contributed by atoms with Gasteiger partial charge in [-0.1, -0.05) is 0 Å². The van der Waals surface area contributed by atoms with Gasteiger partial charge in [0.25, 0.3) is 0 Å². The van der Waals surface area contributed by atoms with Crippen LogP contribution >= 0.6 is 0 Å². The number of carbonyl (C=O) groups is 1. The molecule has 6 aliphatic rings. The van der Waals surface area contributed by atoms with Crippen LogP contribution < -0.4 is 37.9 Å². The first kappa shape index (κ1) is 38.4. The standard InChI is InChI=1S/C24H24O6.C23H22O6/c1-24(2)8-7-14-17(30-24)6-5-15-22(14)29-20-12-28-19-9-13(11-25)18(26-3)10-16(19)21(20)23(15)27-4;1-23(2)7-6-13-16(29-23)5-4-14-21(25)20-15-9-17(26-3)12(10-24)8-18(15)27-11-19(20)28-22(13)14/h5-10,20,25H,11-12H2,1-4H3;4-9,19-20,24H,10-11H2,1-3H3/t20-;19-,20+/m11/s1. The lowest BCUT2D eigenvalue weighted by atomic mass is 9.80. The molecule has 3 atom stereocenters. The lowest BCUT2D eigenvalue weighted by molar-refractivity contribution is 0.0553. The SMILES string of the molecule is COC1=C2c3cc(OC)c(CO)cc3OC[C@H]2Oc2c1ccc1c2C=CC(C)(C)O1.COc1cc2c(cc1CO)OC[C@H]1Oc3c(ccc4c3C=CC(C)(C)O4)C(=O)[C@@H]21. The summed E-state index contributed by atoms with van der Waals surface area (Å²) < 4.78 is 53.5. The van der Waals surface area contributed by atoms with Crippen LogP contribution in [-0.4, -0.2) is 73.9 Å². The summed E-state index contributed by atoms with van der Waals surface area (Å²) >= 11 is 0. The van der Waals surface area contributed by atoms with Crippen molar-refractivity contribution >= 4 is 29.3 Å². The second-order valence-corrected chi connectivity index (χ2v) is 16.1. The molecule has 6 heterocycles. The van der Waals surface area contributed by atoms with Crippen molar-refractivity contribution in [2.45, 2.75) is 70.2 Å². The number of rotatable bonds is 5. The molecule has 12 nitrogen and oxygen atoms in total. The first-order valence-corrected chi connectivity index (χ1v) is 19.5. The highest BCUT2D eigenvalue weighted by atomic mass is 16.6. The van der Waals surface area contributed by atoms with E-state index in [1.165, 1.54) is 7.11 Å². The molecule has 0 saturated carbocycles. The maximum atomic E-state index is 13.5. The van der Waals surface area contributed by atoms with Gasteiger partial charge in [0, 0.05) is 27.8 Å². The van der Waals surface area contributed by atoms with E-state index in [9.17, 15) is 15.0 Å². The Kier molecular flexibility index (Phi) is 9.32. The number of fused-ring (bicyclic) bond motifs is 12. The van der Waals surface area contributed by atoms with Crippen LogP contribution in [0.1, 0.15) is 82.9 Å². The van der Waals surface area contributed by atoms with Gasteiger partial charge in [0.1, 0.15) is 82.3 Å². The van der Waals surface area contributed by atoms with Crippen LogP contribution in [-0.2, 0) is 18.0 Å². The van der Waals surface area contributed by atoms with Crippen molar-refractivity contribution in [2.75, 3.05) is 34.5 Å². The van der Waals surface area contributed by atoms with Crippen LogP contribution in [0.3, 0.4) is 0 Å². The maximum Gasteiger partial charge on any atom is 0.178 e. The van der Waals surface area contributed by atoms with E-state index < -0.39 is 17.6 Å². The fourth-order valence-corrected chi connectivity index (χ4v) is 8.52. The summed E-state index contributed by atoms with van der Waals surface area (Å²) in [6.45, 7) is 8.28. The molecule has 6 aliphatic heterocycles. The van der Waals surface area contributed by atoms with Gasteiger partial charge in [0.15, 0.2) is 11.9 Å².